The van der Waals surface area contributed by atoms with Crippen molar-refractivity contribution in [1.29, 1.82) is 0 Å². The van der Waals surface area contributed by atoms with Crippen LogP contribution in [0.5, 0.6) is 0 Å². The number of esters is 1. The number of methoxy groups -OCH3 is 1. The zero-order chi connectivity index (χ0) is 12.0. The molecule has 3 heteroatoms. The number of carbonyl (C=O) groups excluding carboxylic acids is 1. The fraction of sp³-hybridized carbons (Fsp3) is 0.308. The summed E-state index contributed by atoms with van der Waals surface area (Å²) in [4.78, 5) is 10.9. The van der Waals surface area contributed by atoms with Crippen molar-refractivity contribution in [3.8, 4) is 0 Å². The molecule has 0 aromatic heterocycles. The Morgan fingerprint density at radius 1 is 1.44 bits per heavy atom. The van der Waals surface area contributed by atoms with Crippen molar-refractivity contribution in [3.05, 3.63) is 41.0 Å². The number of rotatable bonds is 4. The first kappa shape index (κ1) is 12.5. The Balaban J connectivity index is 2.91. The van der Waals surface area contributed by atoms with Gasteiger partial charge in [0.15, 0.2) is 0 Å². The second-order valence-corrected chi connectivity index (χ2v) is 3.40. The first-order chi connectivity index (χ1) is 7.71. The minimum Gasteiger partial charge on any atom is -0.466 e. The number of carbonyl (C=O) groups is 1. The molecular formula is C13H16O3. The lowest BCUT2D eigenvalue weighted by Gasteiger charge is -2.05. The zero-order valence-corrected chi connectivity index (χ0v) is 9.56. The van der Waals surface area contributed by atoms with Gasteiger partial charge in [-0.2, -0.15) is 0 Å². The van der Waals surface area contributed by atoms with E-state index < -0.39 is 0 Å². The van der Waals surface area contributed by atoms with Gasteiger partial charge in [-0.1, -0.05) is 19.1 Å². The predicted octanol–water partition coefficient (Wildman–Crippen LogP) is 1.93. The van der Waals surface area contributed by atoms with Gasteiger partial charge in [0.25, 0.3) is 0 Å². The molecule has 1 aromatic carbocycles. The third-order valence-corrected chi connectivity index (χ3v) is 2.39. The summed E-state index contributed by atoms with van der Waals surface area (Å²) in [5, 5.41) is 9.18. The van der Waals surface area contributed by atoms with Crippen molar-refractivity contribution in [2.45, 2.75) is 20.0 Å². The second kappa shape index (κ2) is 6.08. The highest BCUT2D eigenvalue weighted by Gasteiger charge is 2.00. The highest BCUT2D eigenvalue weighted by Crippen LogP contribution is 2.14. The van der Waals surface area contributed by atoms with Crippen LogP contribution >= 0.6 is 0 Å². The molecule has 1 rings (SSSR count). The number of aliphatic hydroxyl groups excluding tert-OH is 1. The van der Waals surface area contributed by atoms with E-state index in [2.05, 4.69) is 4.74 Å². The molecule has 0 bridgehead atoms. The third kappa shape index (κ3) is 3.21. The van der Waals surface area contributed by atoms with Gasteiger partial charge in [-0.3, -0.25) is 0 Å². The molecule has 0 amide bonds. The van der Waals surface area contributed by atoms with Crippen molar-refractivity contribution in [2.75, 3.05) is 7.11 Å². The molecule has 1 N–H and O–H groups in total. The van der Waals surface area contributed by atoms with Crippen molar-refractivity contribution in [3.63, 3.8) is 0 Å². The minimum absolute atomic E-state index is 0.0169. The molecule has 0 fully saturated rings. The Hall–Kier alpha value is -1.61. The monoisotopic (exact) mass is 220 g/mol. The van der Waals surface area contributed by atoms with Crippen LogP contribution in [-0.2, 0) is 22.6 Å². The number of ether oxygens (including phenoxy) is 1. The predicted molar refractivity (Wildman–Crippen MR) is 62.8 cm³/mol. The fourth-order valence-corrected chi connectivity index (χ4v) is 1.47. The maximum Gasteiger partial charge on any atom is 0.330 e. The molecule has 0 aliphatic carbocycles. The van der Waals surface area contributed by atoms with Crippen LogP contribution in [-0.4, -0.2) is 18.2 Å². The van der Waals surface area contributed by atoms with E-state index in [1.54, 1.807) is 6.08 Å². The Morgan fingerprint density at radius 3 is 2.75 bits per heavy atom. The van der Waals surface area contributed by atoms with Crippen LogP contribution in [0.3, 0.4) is 0 Å². The van der Waals surface area contributed by atoms with Crippen LogP contribution in [0, 0.1) is 0 Å². The molecule has 0 saturated carbocycles. The van der Waals surface area contributed by atoms with E-state index in [0.29, 0.717) is 0 Å². The molecule has 0 saturated heterocycles. The zero-order valence-electron chi connectivity index (χ0n) is 9.56. The topological polar surface area (TPSA) is 46.5 Å². The van der Waals surface area contributed by atoms with Gasteiger partial charge in [-0.25, -0.2) is 4.79 Å². The largest absolute Gasteiger partial charge is 0.466 e. The van der Waals surface area contributed by atoms with E-state index in [4.69, 9.17) is 0 Å². The van der Waals surface area contributed by atoms with Crippen molar-refractivity contribution >= 4 is 12.0 Å². The van der Waals surface area contributed by atoms with Crippen molar-refractivity contribution < 1.29 is 14.6 Å². The van der Waals surface area contributed by atoms with Crippen LogP contribution in [0.25, 0.3) is 6.08 Å². The molecule has 0 aliphatic heterocycles. The van der Waals surface area contributed by atoms with Gasteiger partial charge in [0.2, 0.25) is 0 Å². The van der Waals surface area contributed by atoms with E-state index in [-0.39, 0.29) is 12.6 Å². The molecule has 0 unspecified atom stereocenters. The Kier molecular flexibility index (Phi) is 4.73. The highest BCUT2D eigenvalue weighted by molar-refractivity contribution is 5.86. The first-order valence-corrected chi connectivity index (χ1v) is 5.20. The van der Waals surface area contributed by atoms with Gasteiger partial charge in [-0.15, -0.1) is 0 Å². The van der Waals surface area contributed by atoms with Crippen molar-refractivity contribution in [2.24, 2.45) is 0 Å². The minimum atomic E-state index is -0.384. The van der Waals surface area contributed by atoms with Gasteiger partial charge in [-0.05, 0) is 35.3 Å². The molecule has 16 heavy (non-hydrogen) atoms. The molecule has 0 aliphatic rings. The van der Waals surface area contributed by atoms with Gasteiger partial charge < -0.3 is 9.84 Å². The summed E-state index contributed by atoms with van der Waals surface area (Å²) < 4.78 is 4.50. The smallest absolute Gasteiger partial charge is 0.330 e. The second-order valence-electron chi connectivity index (χ2n) is 3.40. The lowest BCUT2D eigenvalue weighted by Crippen LogP contribution is -1.95. The number of hydrogen-bond acceptors (Lipinski definition) is 3. The van der Waals surface area contributed by atoms with Crippen LogP contribution < -0.4 is 0 Å². The van der Waals surface area contributed by atoms with Crippen molar-refractivity contribution in [1.82, 2.24) is 0 Å². The lowest BCUT2D eigenvalue weighted by molar-refractivity contribution is -0.134. The Labute approximate surface area is 95.4 Å². The number of aliphatic hydroxyl groups is 1. The maximum absolute atomic E-state index is 10.9. The summed E-state index contributed by atoms with van der Waals surface area (Å²) >= 11 is 0. The van der Waals surface area contributed by atoms with E-state index in [0.717, 1.165) is 23.1 Å². The normalized spacial score (nSPS) is 10.7. The molecule has 0 atom stereocenters. The summed E-state index contributed by atoms with van der Waals surface area (Å²) in [7, 11) is 1.34. The molecule has 0 radical (unpaired) electrons. The maximum atomic E-state index is 10.9. The summed E-state index contributed by atoms with van der Waals surface area (Å²) in [6, 6.07) is 5.75. The molecular weight excluding hydrogens is 204 g/mol. The average molecular weight is 220 g/mol. The number of aryl methyl sites for hydroxylation is 1. The first-order valence-electron chi connectivity index (χ1n) is 5.20. The number of benzene rings is 1. The average Bonchev–Trinajstić information content (AvgIpc) is 2.35. The molecule has 86 valence electrons. The standard InChI is InChI=1S/C13H16O3/c1-3-11-6-4-10(8-12(11)9-14)5-7-13(15)16-2/h4-8,14H,3,9H2,1-2H3. The van der Waals surface area contributed by atoms with E-state index in [1.165, 1.54) is 13.2 Å². The highest BCUT2D eigenvalue weighted by atomic mass is 16.5. The van der Waals surface area contributed by atoms with E-state index >= 15 is 0 Å². The molecule has 3 nitrogen and oxygen atoms in total. The van der Waals surface area contributed by atoms with Gasteiger partial charge in [0, 0.05) is 6.08 Å². The summed E-state index contributed by atoms with van der Waals surface area (Å²) in [5.74, 6) is -0.384. The lowest BCUT2D eigenvalue weighted by atomic mass is 10.0. The number of hydrogen-bond donors (Lipinski definition) is 1. The Bertz CT molecular complexity index is 394. The van der Waals surface area contributed by atoms with E-state index in [1.807, 2.05) is 25.1 Å². The fourth-order valence-electron chi connectivity index (χ4n) is 1.47. The Morgan fingerprint density at radius 2 is 2.19 bits per heavy atom. The quantitative estimate of drug-likeness (QED) is 0.623. The van der Waals surface area contributed by atoms with Crippen LogP contribution in [0.1, 0.15) is 23.6 Å². The summed E-state index contributed by atoms with van der Waals surface area (Å²) in [5.41, 5.74) is 2.90. The van der Waals surface area contributed by atoms with Gasteiger partial charge >= 0.3 is 5.97 Å². The molecule has 0 heterocycles. The van der Waals surface area contributed by atoms with Gasteiger partial charge in [0.1, 0.15) is 0 Å². The summed E-state index contributed by atoms with van der Waals surface area (Å²) in [6.45, 7) is 2.06. The molecule has 0 spiro atoms. The third-order valence-electron chi connectivity index (χ3n) is 2.39. The molecule has 1 aromatic rings. The van der Waals surface area contributed by atoms with Crippen LogP contribution in [0.4, 0.5) is 0 Å². The SMILES string of the molecule is CCc1ccc(C=CC(=O)OC)cc1CO. The van der Waals surface area contributed by atoms with Gasteiger partial charge in [0.05, 0.1) is 13.7 Å². The van der Waals surface area contributed by atoms with E-state index in [9.17, 15) is 9.90 Å². The summed E-state index contributed by atoms with van der Waals surface area (Å²) in [6.07, 6.45) is 3.92. The van der Waals surface area contributed by atoms with Crippen LogP contribution in [0.2, 0.25) is 0 Å². The van der Waals surface area contributed by atoms with Crippen LogP contribution in [0.15, 0.2) is 24.3 Å².